The molecule has 9 heteroatoms. The molecule has 1 aliphatic heterocycles. The van der Waals surface area contributed by atoms with Gasteiger partial charge in [-0.25, -0.2) is 4.98 Å². The molecular formula is C12H15F3N6. The van der Waals surface area contributed by atoms with E-state index in [-0.39, 0.29) is 6.04 Å². The van der Waals surface area contributed by atoms with Crippen molar-refractivity contribution in [1.82, 2.24) is 24.5 Å². The lowest BCUT2D eigenvalue weighted by Crippen LogP contribution is -2.41. The maximum atomic E-state index is 12.5. The third kappa shape index (κ3) is 3.23. The summed E-state index contributed by atoms with van der Waals surface area (Å²) in [6.07, 6.45) is 2.23. The van der Waals surface area contributed by atoms with Crippen LogP contribution in [0.5, 0.6) is 0 Å². The van der Waals surface area contributed by atoms with Gasteiger partial charge in [0, 0.05) is 25.0 Å². The molecule has 2 aromatic rings. The molecule has 1 fully saturated rings. The minimum absolute atomic E-state index is 0.142. The summed E-state index contributed by atoms with van der Waals surface area (Å²) in [6, 6.07) is -0.142. The number of rotatable bonds is 4. The summed E-state index contributed by atoms with van der Waals surface area (Å²) in [6.45, 7) is 0.0337. The second-order valence-electron chi connectivity index (χ2n) is 5.10. The zero-order valence-electron chi connectivity index (χ0n) is 11.2. The van der Waals surface area contributed by atoms with E-state index in [0.717, 1.165) is 12.8 Å². The third-order valence-electron chi connectivity index (χ3n) is 3.60. The highest BCUT2D eigenvalue weighted by atomic mass is 19.4. The van der Waals surface area contributed by atoms with Crippen molar-refractivity contribution in [2.75, 3.05) is 25.0 Å². The number of anilines is 1. The Labute approximate surface area is 119 Å². The molecule has 1 unspecified atom stereocenters. The van der Waals surface area contributed by atoms with Crippen LogP contribution >= 0.6 is 0 Å². The van der Waals surface area contributed by atoms with Gasteiger partial charge in [0.05, 0.1) is 6.54 Å². The lowest BCUT2D eigenvalue weighted by molar-refractivity contribution is -0.147. The van der Waals surface area contributed by atoms with Crippen LogP contribution in [-0.4, -0.2) is 56.3 Å². The Kier molecular flexibility index (Phi) is 3.66. The number of hydrogen-bond acceptors (Lipinski definition) is 5. The van der Waals surface area contributed by atoms with Crippen LogP contribution in [0.4, 0.5) is 19.0 Å². The van der Waals surface area contributed by atoms with E-state index in [9.17, 15) is 13.2 Å². The summed E-state index contributed by atoms with van der Waals surface area (Å²) in [4.78, 5) is 5.63. The van der Waals surface area contributed by atoms with Crippen LogP contribution in [0, 0.1) is 0 Å². The van der Waals surface area contributed by atoms with Gasteiger partial charge in [-0.1, -0.05) is 0 Å². The standard InChI is InChI=1S/C12H15F3N6/c13-12(14,15)7-20-4-1-2-9(20)6-17-10-11-19-18-8-21(11)5-3-16-10/h3,5,8-9H,1-2,4,6-7H2,(H,16,17). The third-order valence-corrected chi connectivity index (χ3v) is 3.60. The zero-order valence-corrected chi connectivity index (χ0v) is 11.2. The minimum Gasteiger partial charge on any atom is -0.365 e. The molecule has 3 heterocycles. The molecule has 6 nitrogen and oxygen atoms in total. The number of nitrogens with zero attached hydrogens (tertiary/aromatic N) is 5. The van der Waals surface area contributed by atoms with Crippen molar-refractivity contribution >= 4 is 11.5 Å². The Morgan fingerprint density at radius 3 is 3.05 bits per heavy atom. The summed E-state index contributed by atoms with van der Waals surface area (Å²) in [7, 11) is 0. The highest BCUT2D eigenvalue weighted by molar-refractivity contribution is 5.61. The molecule has 1 saturated heterocycles. The van der Waals surface area contributed by atoms with Crippen LogP contribution in [0.1, 0.15) is 12.8 Å². The van der Waals surface area contributed by atoms with Crippen LogP contribution in [-0.2, 0) is 0 Å². The average molecular weight is 300 g/mol. The fourth-order valence-corrected chi connectivity index (χ4v) is 2.66. The van der Waals surface area contributed by atoms with Crippen molar-refractivity contribution in [3.8, 4) is 0 Å². The van der Waals surface area contributed by atoms with Gasteiger partial charge in [0.2, 0.25) is 5.65 Å². The van der Waals surface area contributed by atoms with Crippen LogP contribution in [0.15, 0.2) is 18.7 Å². The first kappa shape index (κ1) is 14.1. The van der Waals surface area contributed by atoms with Crippen molar-refractivity contribution in [2.24, 2.45) is 0 Å². The van der Waals surface area contributed by atoms with Crippen molar-refractivity contribution in [2.45, 2.75) is 25.1 Å². The van der Waals surface area contributed by atoms with Crippen LogP contribution < -0.4 is 5.32 Å². The molecular weight excluding hydrogens is 285 g/mol. The summed E-state index contributed by atoms with van der Waals surface area (Å²) in [5, 5.41) is 10.8. The van der Waals surface area contributed by atoms with Gasteiger partial charge in [-0.3, -0.25) is 9.30 Å². The Hall–Kier alpha value is -1.90. The van der Waals surface area contributed by atoms with Crippen LogP contribution in [0.25, 0.3) is 5.65 Å². The van der Waals surface area contributed by atoms with Gasteiger partial charge in [-0.15, -0.1) is 10.2 Å². The molecule has 0 saturated carbocycles. The van der Waals surface area contributed by atoms with E-state index in [0.29, 0.717) is 24.6 Å². The van der Waals surface area contributed by atoms with Gasteiger partial charge in [-0.05, 0) is 19.4 Å². The largest absolute Gasteiger partial charge is 0.401 e. The van der Waals surface area contributed by atoms with Gasteiger partial charge in [0.15, 0.2) is 5.82 Å². The summed E-state index contributed by atoms with van der Waals surface area (Å²) < 4.78 is 39.2. The normalized spacial score (nSPS) is 20.2. The molecule has 2 aromatic heterocycles. The fourth-order valence-electron chi connectivity index (χ4n) is 2.66. The monoisotopic (exact) mass is 300 g/mol. The van der Waals surface area contributed by atoms with Gasteiger partial charge >= 0.3 is 6.18 Å². The lowest BCUT2D eigenvalue weighted by atomic mass is 10.2. The van der Waals surface area contributed by atoms with Crippen molar-refractivity contribution in [1.29, 1.82) is 0 Å². The van der Waals surface area contributed by atoms with Crippen LogP contribution in [0.2, 0.25) is 0 Å². The van der Waals surface area contributed by atoms with Crippen LogP contribution in [0.3, 0.4) is 0 Å². The Morgan fingerprint density at radius 1 is 1.38 bits per heavy atom. The van der Waals surface area contributed by atoms with Gasteiger partial charge in [0.25, 0.3) is 0 Å². The van der Waals surface area contributed by atoms with E-state index >= 15 is 0 Å². The molecule has 1 atom stereocenters. The number of hydrogen-bond donors (Lipinski definition) is 1. The fraction of sp³-hybridized carbons (Fsp3) is 0.583. The predicted octanol–water partition coefficient (Wildman–Crippen LogP) is 1.56. The average Bonchev–Trinajstić information content (AvgIpc) is 3.03. The van der Waals surface area contributed by atoms with E-state index in [1.54, 1.807) is 23.1 Å². The topological polar surface area (TPSA) is 58.4 Å². The van der Waals surface area contributed by atoms with Crippen molar-refractivity contribution in [3.05, 3.63) is 18.7 Å². The molecule has 21 heavy (non-hydrogen) atoms. The number of fused-ring (bicyclic) bond motifs is 1. The first-order valence-electron chi connectivity index (χ1n) is 6.72. The number of nitrogens with one attached hydrogen (secondary N) is 1. The first-order valence-corrected chi connectivity index (χ1v) is 6.72. The summed E-state index contributed by atoms with van der Waals surface area (Å²) in [5.41, 5.74) is 0.567. The predicted molar refractivity (Wildman–Crippen MR) is 69.9 cm³/mol. The number of likely N-dealkylation sites (tertiary alicyclic amines) is 1. The second-order valence-corrected chi connectivity index (χ2v) is 5.10. The highest BCUT2D eigenvalue weighted by Crippen LogP contribution is 2.24. The maximum Gasteiger partial charge on any atom is 0.401 e. The van der Waals surface area contributed by atoms with E-state index < -0.39 is 12.7 Å². The molecule has 0 aliphatic carbocycles. The SMILES string of the molecule is FC(F)(F)CN1CCCC1CNc1nccn2cnnc12. The van der Waals surface area contributed by atoms with E-state index in [2.05, 4.69) is 20.5 Å². The lowest BCUT2D eigenvalue weighted by Gasteiger charge is -2.25. The number of alkyl halides is 3. The maximum absolute atomic E-state index is 12.5. The molecule has 0 radical (unpaired) electrons. The molecule has 114 valence electrons. The minimum atomic E-state index is -4.16. The van der Waals surface area contributed by atoms with E-state index in [4.69, 9.17) is 0 Å². The molecule has 1 aliphatic rings. The Bertz CT molecular complexity index is 610. The highest BCUT2D eigenvalue weighted by Gasteiger charge is 2.35. The van der Waals surface area contributed by atoms with Gasteiger partial charge in [-0.2, -0.15) is 13.2 Å². The molecule has 0 bridgehead atoms. The first-order chi connectivity index (χ1) is 10.0. The number of halogens is 3. The summed E-state index contributed by atoms with van der Waals surface area (Å²) in [5.74, 6) is 0.536. The molecule has 0 spiro atoms. The molecule has 0 amide bonds. The molecule has 3 rings (SSSR count). The Balaban J connectivity index is 1.65. The molecule has 0 aromatic carbocycles. The van der Waals surface area contributed by atoms with Crippen molar-refractivity contribution in [3.63, 3.8) is 0 Å². The number of aromatic nitrogens is 4. The van der Waals surface area contributed by atoms with Crippen molar-refractivity contribution < 1.29 is 13.2 Å². The van der Waals surface area contributed by atoms with Gasteiger partial charge < -0.3 is 5.32 Å². The summed E-state index contributed by atoms with van der Waals surface area (Å²) >= 11 is 0. The quantitative estimate of drug-likeness (QED) is 0.928. The Morgan fingerprint density at radius 2 is 2.24 bits per heavy atom. The smallest absolute Gasteiger partial charge is 0.365 e. The van der Waals surface area contributed by atoms with Gasteiger partial charge in [0.1, 0.15) is 6.33 Å². The van der Waals surface area contributed by atoms with E-state index in [1.807, 2.05) is 0 Å². The zero-order chi connectivity index (χ0) is 14.9. The molecule has 1 N–H and O–H groups in total. The van der Waals surface area contributed by atoms with E-state index in [1.165, 1.54) is 4.90 Å². The second kappa shape index (κ2) is 5.47.